The third kappa shape index (κ3) is 5.09. The second-order valence-corrected chi connectivity index (χ2v) is 8.71. The van der Waals surface area contributed by atoms with E-state index in [1.165, 1.54) is 12.5 Å². The normalized spacial score (nSPS) is 19.6. The summed E-state index contributed by atoms with van der Waals surface area (Å²) in [6.07, 6.45) is 5.47. The van der Waals surface area contributed by atoms with Crippen LogP contribution < -0.4 is 15.4 Å². The van der Waals surface area contributed by atoms with E-state index in [-0.39, 0.29) is 41.4 Å². The average Bonchev–Trinajstić information content (AvgIpc) is 2.96. The lowest BCUT2D eigenvalue weighted by atomic mass is 9.89. The molecule has 0 radical (unpaired) electrons. The Balaban J connectivity index is 1.37. The Morgan fingerprint density at radius 2 is 1.79 bits per heavy atom. The first-order valence-electron chi connectivity index (χ1n) is 9.68. The molecule has 1 aromatic rings. The van der Waals surface area contributed by atoms with Gasteiger partial charge in [0.05, 0.1) is 11.4 Å². The van der Waals surface area contributed by atoms with Gasteiger partial charge in [-0.05, 0) is 25.0 Å². The summed E-state index contributed by atoms with van der Waals surface area (Å²) in [4.78, 5) is 28.3. The summed E-state index contributed by atoms with van der Waals surface area (Å²) in [5, 5.41) is 5.61. The van der Waals surface area contributed by atoms with Crippen LogP contribution in [-0.4, -0.2) is 45.7 Å². The summed E-state index contributed by atoms with van der Waals surface area (Å²) in [6, 6.07) is 6.60. The Kier molecular flexibility index (Phi) is 6.66. The first kappa shape index (κ1) is 20.3. The molecule has 1 saturated carbocycles. The van der Waals surface area contributed by atoms with E-state index in [0.29, 0.717) is 18.7 Å². The molecule has 0 aromatic heterocycles. The fourth-order valence-corrected chi connectivity index (χ4v) is 4.76. The molecule has 1 aromatic carbocycles. The average molecular weight is 407 g/mol. The molecular formula is C19H26N4O4S. The largest absolute Gasteiger partial charge is 0.354 e. The van der Waals surface area contributed by atoms with Gasteiger partial charge in [0.25, 0.3) is 10.0 Å². The molecule has 0 atom stereocenters. The third-order valence-corrected chi connectivity index (χ3v) is 6.39. The van der Waals surface area contributed by atoms with Crippen molar-refractivity contribution < 1.29 is 18.0 Å². The zero-order chi connectivity index (χ0) is 20.0. The molecule has 28 heavy (non-hydrogen) atoms. The van der Waals surface area contributed by atoms with Gasteiger partial charge in [0.1, 0.15) is 5.84 Å². The second-order valence-electron chi connectivity index (χ2n) is 7.06. The smallest absolute Gasteiger partial charge is 0.263 e. The number of rotatable bonds is 7. The number of amidine groups is 1. The van der Waals surface area contributed by atoms with Crippen LogP contribution >= 0.6 is 0 Å². The first-order chi connectivity index (χ1) is 13.5. The topological polar surface area (TPSA) is 117 Å². The highest BCUT2D eigenvalue weighted by atomic mass is 32.2. The van der Waals surface area contributed by atoms with Gasteiger partial charge in [-0.2, -0.15) is 0 Å². The number of amides is 2. The molecule has 2 aliphatic rings. The summed E-state index contributed by atoms with van der Waals surface area (Å²) in [6.45, 7) is 0.943. The minimum atomic E-state index is -3.56. The molecule has 152 valence electrons. The minimum Gasteiger partial charge on any atom is -0.354 e. The van der Waals surface area contributed by atoms with Crippen LogP contribution in [0, 0.1) is 5.92 Å². The molecule has 0 saturated heterocycles. The van der Waals surface area contributed by atoms with Gasteiger partial charge in [-0.3, -0.25) is 19.3 Å². The van der Waals surface area contributed by atoms with Crippen LogP contribution in [0.3, 0.4) is 0 Å². The van der Waals surface area contributed by atoms with Crippen LogP contribution in [0.4, 0.5) is 0 Å². The van der Waals surface area contributed by atoms with E-state index in [1.54, 1.807) is 18.2 Å². The summed E-state index contributed by atoms with van der Waals surface area (Å²) in [5.74, 6) is 0.263. The van der Waals surface area contributed by atoms with Crippen molar-refractivity contribution in [3.8, 4) is 0 Å². The van der Waals surface area contributed by atoms with E-state index in [4.69, 9.17) is 0 Å². The molecule has 8 nitrogen and oxygen atoms in total. The molecule has 1 aliphatic carbocycles. The van der Waals surface area contributed by atoms with E-state index in [0.717, 1.165) is 25.7 Å². The number of carbonyl (C=O) groups is 2. The standard InChI is InChI=1S/C19H26N4O4S/c24-17(20-12-13-22-19(25)14-6-2-1-3-7-14)10-11-21-18-15-8-4-5-9-16(15)28(26,27)23-18/h4-5,8-9,14H,1-3,6-7,10-13H2,(H,20,24)(H,21,23)(H,22,25). The molecule has 1 heterocycles. The van der Waals surface area contributed by atoms with Gasteiger partial charge in [0.15, 0.2) is 0 Å². The predicted molar refractivity (Wildman–Crippen MR) is 105 cm³/mol. The third-order valence-electron chi connectivity index (χ3n) is 4.99. The number of hydrogen-bond donors (Lipinski definition) is 3. The zero-order valence-electron chi connectivity index (χ0n) is 15.7. The van der Waals surface area contributed by atoms with E-state index in [9.17, 15) is 18.0 Å². The molecule has 0 spiro atoms. The van der Waals surface area contributed by atoms with Crippen LogP contribution in [0.2, 0.25) is 0 Å². The monoisotopic (exact) mass is 406 g/mol. The van der Waals surface area contributed by atoms with Crippen molar-refractivity contribution in [2.24, 2.45) is 10.9 Å². The van der Waals surface area contributed by atoms with Gasteiger partial charge < -0.3 is 10.6 Å². The number of nitrogens with zero attached hydrogens (tertiary/aromatic N) is 1. The van der Waals surface area contributed by atoms with Crippen molar-refractivity contribution >= 4 is 27.7 Å². The number of sulfonamides is 1. The number of nitrogens with one attached hydrogen (secondary N) is 3. The maximum absolute atomic E-state index is 12.0. The Morgan fingerprint density at radius 1 is 1.07 bits per heavy atom. The number of carbonyl (C=O) groups excluding carboxylic acids is 2. The highest BCUT2D eigenvalue weighted by Gasteiger charge is 2.29. The van der Waals surface area contributed by atoms with Crippen molar-refractivity contribution in [1.29, 1.82) is 0 Å². The van der Waals surface area contributed by atoms with Gasteiger partial charge >= 0.3 is 0 Å². The molecule has 1 aliphatic heterocycles. The Hall–Kier alpha value is -2.42. The summed E-state index contributed by atoms with van der Waals surface area (Å²) >= 11 is 0. The van der Waals surface area contributed by atoms with Gasteiger partial charge in [-0.1, -0.05) is 31.4 Å². The summed E-state index contributed by atoms with van der Waals surface area (Å²) < 4.78 is 26.4. The minimum absolute atomic E-state index is 0.0764. The zero-order valence-corrected chi connectivity index (χ0v) is 16.6. The van der Waals surface area contributed by atoms with Gasteiger partial charge in [0, 0.05) is 31.0 Å². The first-order valence-corrected chi connectivity index (χ1v) is 11.2. The van der Waals surface area contributed by atoms with Gasteiger partial charge in [-0.25, -0.2) is 8.42 Å². The highest BCUT2D eigenvalue weighted by Crippen LogP contribution is 2.23. The number of benzene rings is 1. The molecule has 9 heteroatoms. The maximum atomic E-state index is 12.0. The Bertz CT molecular complexity index is 860. The molecular weight excluding hydrogens is 380 g/mol. The Morgan fingerprint density at radius 3 is 2.57 bits per heavy atom. The van der Waals surface area contributed by atoms with E-state index < -0.39 is 10.0 Å². The quantitative estimate of drug-likeness (QED) is 0.584. The van der Waals surface area contributed by atoms with Crippen molar-refractivity contribution in [3.05, 3.63) is 29.8 Å². The molecule has 3 N–H and O–H groups in total. The lowest BCUT2D eigenvalue weighted by Crippen LogP contribution is -2.38. The number of fused-ring (bicyclic) bond motifs is 1. The Labute approximate surface area is 165 Å². The molecule has 0 unspecified atom stereocenters. The van der Waals surface area contributed by atoms with E-state index >= 15 is 0 Å². The second kappa shape index (κ2) is 9.18. The summed E-state index contributed by atoms with van der Waals surface area (Å²) in [7, 11) is -3.56. The van der Waals surface area contributed by atoms with Crippen molar-refractivity contribution in [2.75, 3.05) is 19.6 Å². The van der Waals surface area contributed by atoms with E-state index in [1.807, 2.05) is 0 Å². The van der Waals surface area contributed by atoms with Crippen LogP contribution in [0.5, 0.6) is 0 Å². The number of hydrogen-bond acceptors (Lipinski definition) is 5. The van der Waals surface area contributed by atoms with Crippen molar-refractivity contribution in [2.45, 2.75) is 43.4 Å². The van der Waals surface area contributed by atoms with Crippen molar-refractivity contribution in [1.82, 2.24) is 15.4 Å². The van der Waals surface area contributed by atoms with Gasteiger partial charge in [0.2, 0.25) is 11.8 Å². The number of aliphatic imine (C=N–C) groups is 1. The highest BCUT2D eigenvalue weighted by molar-refractivity contribution is 7.90. The lowest BCUT2D eigenvalue weighted by Gasteiger charge is -2.20. The van der Waals surface area contributed by atoms with E-state index in [2.05, 4.69) is 20.3 Å². The van der Waals surface area contributed by atoms with Gasteiger partial charge in [-0.15, -0.1) is 0 Å². The lowest BCUT2D eigenvalue weighted by molar-refractivity contribution is -0.126. The molecule has 2 amide bonds. The van der Waals surface area contributed by atoms with Crippen LogP contribution in [0.25, 0.3) is 0 Å². The van der Waals surface area contributed by atoms with Crippen LogP contribution in [0.1, 0.15) is 44.1 Å². The fourth-order valence-electron chi connectivity index (χ4n) is 3.51. The van der Waals surface area contributed by atoms with Crippen molar-refractivity contribution in [3.63, 3.8) is 0 Å². The fraction of sp³-hybridized carbons (Fsp3) is 0.526. The molecule has 1 fully saturated rings. The predicted octanol–water partition coefficient (Wildman–Crippen LogP) is 0.928. The van der Waals surface area contributed by atoms with Crippen LogP contribution in [0.15, 0.2) is 34.2 Å². The summed E-state index contributed by atoms with van der Waals surface area (Å²) in [5.41, 5.74) is 0.522. The molecule has 0 bridgehead atoms. The SMILES string of the molecule is O=C(CCN=C1NS(=O)(=O)c2ccccc21)NCCNC(=O)C1CCCCC1. The molecule has 3 rings (SSSR count). The van der Waals surface area contributed by atoms with Crippen LogP contribution in [-0.2, 0) is 19.6 Å². The maximum Gasteiger partial charge on any atom is 0.263 e.